The molecule has 3 N–H and O–H groups in total. The summed E-state index contributed by atoms with van der Waals surface area (Å²) in [5, 5.41) is 22.7. The molecule has 7 heteroatoms. The molecule has 1 aromatic heterocycles. The summed E-state index contributed by atoms with van der Waals surface area (Å²) in [6.45, 7) is 0.665. The predicted molar refractivity (Wildman–Crippen MR) is 74.7 cm³/mol. The summed E-state index contributed by atoms with van der Waals surface area (Å²) in [5.74, 6) is -1.44. The lowest BCUT2D eigenvalue weighted by Gasteiger charge is -2.04. The Balaban J connectivity index is 2.38. The van der Waals surface area contributed by atoms with Crippen LogP contribution in [0.5, 0.6) is 0 Å². The van der Waals surface area contributed by atoms with Crippen LogP contribution in [0, 0.1) is 11.3 Å². The van der Waals surface area contributed by atoms with Gasteiger partial charge in [0.05, 0.1) is 0 Å². The quantitative estimate of drug-likeness (QED) is 0.366. The number of nitriles is 1. The first-order valence-corrected chi connectivity index (χ1v) is 6.36. The first kappa shape index (κ1) is 16.2. The minimum atomic E-state index is -0.918. The van der Waals surface area contributed by atoms with Crippen LogP contribution in [0.2, 0.25) is 0 Å². The van der Waals surface area contributed by atoms with Crippen LogP contribution in [0.15, 0.2) is 36.3 Å². The minimum Gasteiger partial charge on any atom is -0.481 e. The van der Waals surface area contributed by atoms with Crippen LogP contribution < -0.4 is 10.6 Å². The highest BCUT2D eigenvalue weighted by molar-refractivity contribution is 5.97. The van der Waals surface area contributed by atoms with Crippen LogP contribution in [0.4, 0.5) is 0 Å². The van der Waals surface area contributed by atoms with Crippen LogP contribution in [0.25, 0.3) is 0 Å². The molecule has 1 amide bonds. The van der Waals surface area contributed by atoms with Crippen LogP contribution in [-0.2, 0) is 16.1 Å². The number of hydrogen-bond acceptors (Lipinski definition) is 5. The molecular formula is C14H16N4O3. The number of carboxylic acids is 1. The summed E-state index contributed by atoms with van der Waals surface area (Å²) in [5.41, 5.74) is 0.863. The standard InChI is InChI=1S/C14H16N4O3/c15-7-12(14(21)18-6-2-4-13(19)20)10-17-9-11-3-1-5-16-8-11/h1,3,5,8,10,17H,2,4,6,9H2,(H,18,21)(H,19,20)/b12-10-. The van der Waals surface area contributed by atoms with E-state index < -0.39 is 11.9 Å². The van der Waals surface area contributed by atoms with Gasteiger partial charge in [0.25, 0.3) is 5.91 Å². The third-order valence-electron chi connectivity index (χ3n) is 2.49. The lowest BCUT2D eigenvalue weighted by Crippen LogP contribution is -2.27. The summed E-state index contributed by atoms with van der Waals surface area (Å²) in [6.07, 6.45) is 4.97. The number of pyridine rings is 1. The molecule has 0 fully saturated rings. The second-order valence-electron chi connectivity index (χ2n) is 4.17. The number of carboxylic acid groups (broad SMARTS) is 1. The van der Waals surface area contributed by atoms with E-state index in [4.69, 9.17) is 10.4 Å². The number of rotatable bonds is 8. The van der Waals surface area contributed by atoms with Gasteiger partial charge in [0, 0.05) is 38.1 Å². The van der Waals surface area contributed by atoms with Gasteiger partial charge in [-0.15, -0.1) is 0 Å². The van der Waals surface area contributed by atoms with Crippen LogP contribution >= 0.6 is 0 Å². The maximum atomic E-state index is 11.7. The smallest absolute Gasteiger partial charge is 0.303 e. The average molecular weight is 288 g/mol. The van der Waals surface area contributed by atoms with Crippen LogP contribution in [-0.4, -0.2) is 28.5 Å². The van der Waals surface area contributed by atoms with Gasteiger partial charge in [-0.3, -0.25) is 14.6 Å². The molecule has 21 heavy (non-hydrogen) atoms. The topological polar surface area (TPSA) is 115 Å². The largest absolute Gasteiger partial charge is 0.481 e. The fraction of sp³-hybridized carbons (Fsp3) is 0.286. The fourth-order valence-corrected chi connectivity index (χ4v) is 1.46. The highest BCUT2D eigenvalue weighted by atomic mass is 16.4. The number of amides is 1. The first-order valence-electron chi connectivity index (χ1n) is 6.36. The zero-order valence-corrected chi connectivity index (χ0v) is 11.4. The number of nitrogens with one attached hydrogen (secondary N) is 2. The molecule has 0 aliphatic rings. The van der Waals surface area contributed by atoms with Crippen molar-refractivity contribution < 1.29 is 14.7 Å². The Bertz CT molecular complexity index is 549. The second-order valence-corrected chi connectivity index (χ2v) is 4.17. The Morgan fingerprint density at radius 3 is 2.90 bits per heavy atom. The van der Waals surface area contributed by atoms with Crippen molar-refractivity contribution >= 4 is 11.9 Å². The lowest BCUT2D eigenvalue weighted by atomic mass is 10.2. The van der Waals surface area contributed by atoms with Gasteiger partial charge in [-0.2, -0.15) is 5.26 Å². The van der Waals surface area contributed by atoms with Gasteiger partial charge >= 0.3 is 5.97 Å². The number of hydrogen-bond donors (Lipinski definition) is 3. The molecule has 0 aromatic carbocycles. The Morgan fingerprint density at radius 2 is 2.29 bits per heavy atom. The van der Waals surface area contributed by atoms with E-state index in [9.17, 15) is 9.59 Å². The second kappa shape index (κ2) is 9.09. The number of nitrogens with zero attached hydrogens (tertiary/aromatic N) is 2. The van der Waals surface area contributed by atoms with E-state index in [1.54, 1.807) is 24.5 Å². The monoisotopic (exact) mass is 288 g/mol. The summed E-state index contributed by atoms with van der Waals surface area (Å²) in [6, 6.07) is 5.45. The van der Waals surface area contributed by atoms with E-state index in [-0.39, 0.29) is 18.5 Å². The molecule has 0 spiro atoms. The Hall–Kier alpha value is -2.88. The van der Waals surface area contributed by atoms with Gasteiger partial charge in [-0.05, 0) is 18.1 Å². The Labute approximate surface area is 122 Å². The summed E-state index contributed by atoms with van der Waals surface area (Å²) >= 11 is 0. The van der Waals surface area contributed by atoms with Gasteiger partial charge in [0.15, 0.2) is 0 Å². The van der Waals surface area contributed by atoms with Crippen LogP contribution in [0.1, 0.15) is 18.4 Å². The van der Waals surface area contributed by atoms with Crippen molar-refractivity contribution in [2.75, 3.05) is 6.54 Å². The number of aromatic nitrogens is 1. The highest BCUT2D eigenvalue weighted by Crippen LogP contribution is 1.96. The van der Waals surface area contributed by atoms with Gasteiger partial charge in [-0.25, -0.2) is 0 Å². The summed E-state index contributed by atoms with van der Waals surface area (Å²) in [7, 11) is 0. The number of aliphatic carboxylic acids is 1. The molecule has 0 aliphatic heterocycles. The SMILES string of the molecule is N#C/C(=C/NCc1cccnc1)C(=O)NCCCC(=O)O. The zero-order chi connectivity index (χ0) is 15.5. The van der Waals surface area contributed by atoms with Gasteiger partial charge in [-0.1, -0.05) is 6.07 Å². The number of carbonyl (C=O) groups excluding carboxylic acids is 1. The summed E-state index contributed by atoms with van der Waals surface area (Å²) in [4.78, 5) is 25.9. The molecule has 0 unspecified atom stereocenters. The molecule has 0 bridgehead atoms. The van der Waals surface area contributed by atoms with Crippen molar-refractivity contribution in [2.24, 2.45) is 0 Å². The maximum absolute atomic E-state index is 11.7. The average Bonchev–Trinajstić information content (AvgIpc) is 2.49. The molecule has 1 aromatic rings. The minimum absolute atomic E-state index is 0.0227. The van der Waals surface area contributed by atoms with Gasteiger partial charge in [0.2, 0.25) is 0 Å². The van der Waals surface area contributed by atoms with Crippen molar-refractivity contribution in [1.82, 2.24) is 15.6 Å². The molecule has 1 rings (SSSR count). The van der Waals surface area contributed by atoms with E-state index in [0.717, 1.165) is 5.56 Å². The van der Waals surface area contributed by atoms with E-state index in [2.05, 4.69) is 15.6 Å². The van der Waals surface area contributed by atoms with E-state index in [1.165, 1.54) is 6.20 Å². The van der Waals surface area contributed by atoms with Crippen molar-refractivity contribution in [3.8, 4) is 6.07 Å². The van der Waals surface area contributed by atoms with Crippen molar-refractivity contribution in [1.29, 1.82) is 5.26 Å². The van der Waals surface area contributed by atoms with Crippen molar-refractivity contribution in [2.45, 2.75) is 19.4 Å². The molecule has 0 radical (unpaired) electrons. The number of carbonyl (C=O) groups is 2. The van der Waals surface area contributed by atoms with E-state index in [1.807, 2.05) is 6.07 Å². The Kier molecular flexibility index (Phi) is 7.00. The van der Waals surface area contributed by atoms with Crippen LogP contribution in [0.3, 0.4) is 0 Å². The predicted octanol–water partition coefficient (Wildman–Crippen LogP) is 0.560. The first-order chi connectivity index (χ1) is 10.1. The van der Waals surface area contributed by atoms with Gasteiger partial charge < -0.3 is 15.7 Å². The fourth-order valence-electron chi connectivity index (χ4n) is 1.46. The maximum Gasteiger partial charge on any atom is 0.303 e. The molecule has 110 valence electrons. The molecule has 0 saturated carbocycles. The molecule has 1 heterocycles. The molecule has 7 nitrogen and oxygen atoms in total. The third kappa shape index (κ3) is 6.73. The van der Waals surface area contributed by atoms with E-state index in [0.29, 0.717) is 13.0 Å². The molecule has 0 atom stereocenters. The van der Waals surface area contributed by atoms with E-state index >= 15 is 0 Å². The summed E-state index contributed by atoms with van der Waals surface area (Å²) < 4.78 is 0. The zero-order valence-electron chi connectivity index (χ0n) is 11.4. The normalized spacial score (nSPS) is 10.5. The van der Waals surface area contributed by atoms with Gasteiger partial charge in [0.1, 0.15) is 11.6 Å². The molecule has 0 aliphatic carbocycles. The van der Waals surface area contributed by atoms with Crippen molar-refractivity contribution in [3.63, 3.8) is 0 Å². The highest BCUT2D eigenvalue weighted by Gasteiger charge is 2.08. The third-order valence-corrected chi connectivity index (χ3v) is 2.49. The molecule has 0 saturated heterocycles. The molecular weight excluding hydrogens is 272 g/mol. The lowest BCUT2D eigenvalue weighted by molar-refractivity contribution is -0.137. The van der Waals surface area contributed by atoms with Crippen molar-refractivity contribution in [3.05, 3.63) is 41.9 Å². The Morgan fingerprint density at radius 1 is 1.48 bits per heavy atom.